The number of carbonyl (C=O) groups is 1. The van der Waals surface area contributed by atoms with E-state index in [0.29, 0.717) is 30.6 Å². The zero-order valence-corrected chi connectivity index (χ0v) is 15.8. The number of para-hydroxylation sites is 1. The number of hydrogen-bond donors (Lipinski definition) is 4. The lowest BCUT2D eigenvalue weighted by Gasteiger charge is -2.27. The summed E-state index contributed by atoms with van der Waals surface area (Å²) in [4.78, 5) is 12.0. The van der Waals surface area contributed by atoms with Gasteiger partial charge in [0.1, 0.15) is 0 Å². The number of unbranched alkanes of at least 4 members (excludes halogenated alkanes) is 2. The number of hydrazine groups is 1. The number of amides is 2. The van der Waals surface area contributed by atoms with Gasteiger partial charge in [0.25, 0.3) is 0 Å². The molecule has 6 nitrogen and oxygen atoms in total. The molecule has 0 spiro atoms. The van der Waals surface area contributed by atoms with Gasteiger partial charge in [-0.15, -0.1) is 0 Å². The van der Waals surface area contributed by atoms with Gasteiger partial charge in [-0.2, -0.15) is 0 Å². The zero-order chi connectivity index (χ0) is 18.9. The van der Waals surface area contributed by atoms with Crippen LogP contribution in [0.25, 0.3) is 0 Å². The normalized spacial score (nSPS) is 26.6. The largest absolute Gasteiger partial charge is 0.396 e. The lowest BCUT2D eigenvalue weighted by atomic mass is 9.77. The molecule has 27 heavy (non-hydrogen) atoms. The Kier molecular flexibility index (Phi) is 7.68. The quantitative estimate of drug-likeness (QED) is 0.288. The average Bonchev–Trinajstić information content (AvgIpc) is 3.27. The Morgan fingerprint density at radius 1 is 1.11 bits per heavy atom. The van der Waals surface area contributed by atoms with Gasteiger partial charge in [0, 0.05) is 24.8 Å². The van der Waals surface area contributed by atoms with Crippen molar-refractivity contribution in [2.45, 2.75) is 50.7 Å². The highest BCUT2D eigenvalue weighted by molar-refractivity contribution is 5.88. The van der Waals surface area contributed by atoms with Crippen LogP contribution in [0.1, 0.15) is 38.5 Å². The fourth-order valence-electron chi connectivity index (χ4n) is 4.16. The number of ether oxygens (including phenoxy) is 1. The maximum atomic E-state index is 12.0. The van der Waals surface area contributed by atoms with Gasteiger partial charge in [0.2, 0.25) is 0 Å². The van der Waals surface area contributed by atoms with Gasteiger partial charge in [-0.1, -0.05) is 30.4 Å². The molecule has 2 unspecified atom stereocenters. The summed E-state index contributed by atoms with van der Waals surface area (Å²) in [7, 11) is 0. The molecule has 2 bridgehead atoms. The van der Waals surface area contributed by atoms with Crippen molar-refractivity contribution in [3.05, 3.63) is 42.5 Å². The SMILES string of the molecule is O=C(NNCC1C(C/C=C\CCCCO)[C@H]2CC[C@@H]1O2)Nc1ccccc1. The highest BCUT2D eigenvalue weighted by Gasteiger charge is 2.47. The molecular weight excluding hydrogens is 342 g/mol. The van der Waals surface area contributed by atoms with Crippen LogP contribution < -0.4 is 16.2 Å². The van der Waals surface area contributed by atoms with E-state index in [1.165, 1.54) is 0 Å². The molecule has 0 radical (unpaired) electrons. The minimum Gasteiger partial charge on any atom is -0.396 e. The zero-order valence-electron chi connectivity index (χ0n) is 15.8. The molecule has 0 aliphatic carbocycles. The molecule has 3 rings (SSSR count). The molecule has 0 aromatic heterocycles. The second-order valence-corrected chi connectivity index (χ2v) is 7.37. The second-order valence-electron chi connectivity index (χ2n) is 7.37. The molecule has 6 heteroatoms. The summed E-state index contributed by atoms with van der Waals surface area (Å²) < 4.78 is 6.11. The van der Waals surface area contributed by atoms with Crippen molar-refractivity contribution in [1.82, 2.24) is 10.9 Å². The molecule has 2 aliphatic heterocycles. The van der Waals surface area contributed by atoms with E-state index >= 15 is 0 Å². The smallest absolute Gasteiger partial charge is 0.333 e. The van der Waals surface area contributed by atoms with E-state index in [1.807, 2.05) is 30.3 Å². The number of urea groups is 1. The monoisotopic (exact) mass is 373 g/mol. The Balaban J connectivity index is 1.40. The number of aliphatic hydroxyl groups excluding tert-OH is 1. The molecule has 148 valence electrons. The molecule has 4 N–H and O–H groups in total. The summed E-state index contributed by atoms with van der Waals surface area (Å²) in [5.74, 6) is 0.923. The summed E-state index contributed by atoms with van der Waals surface area (Å²) in [6.07, 6.45) is 11.3. The first-order chi connectivity index (χ1) is 13.3. The Morgan fingerprint density at radius 3 is 2.67 bits per heavy atom. The van der Waals surface area contributed by atoms with Crippen LogP contribution in [0, 0.1) is 11.8 Å². The first kappa shape index (κ1) is 19.9. The van der Waals surface area contributed by atoms with Crippen LogP contribution in [0.4, 0.5) is 10.5 Å². The average molecular weight is 373 g/mol. The standard InChI is InChI=1S/C21H31N3O3/c25-14-8-3-1-2-7-11-17-18(20-13-12-19(17)27-20)15-22-24-21(26)23-16-9-5-4-6-10-16/h2,4-7,9-10,17-20,22,25H,1,3,8,11-15H2,(H2,23,24,26)/b7-2-/t17?,18?,19-,20+/m1/s1. The van der Waals surface area contributed by atoms with Crippen molar-refractivity contribution >= 4 is 11.7 Å². The maximum Gasteiger partial charge on any atom is 0.333 e. The van der Waals surface area contributed by atoms with E-state index in [-0.39, 0.29) is 12.6 Å². The molecule has 2 aliphatic rings. The molecule has 2 saturated heterocycles. The number of anilines is 1. The number of hydrogen-bond acceptors (Lipinski definition) is 4. The summed E-state index contributed by atoms with van der Waals surface area (Å²) in [6, 6.07) is 9.14. The maximum absolute atomic E-state index is 12.0. The first-order valence-electron chi connectivity index (χ1n) is 10.0. The second kappa shape index (κ2) is 10.4. The summed E-state index contributed by atoms with van der Waals surface area (Å²) >= 11 is 0. The molecule has 4 atom stereocenters. The van der Waals surface area contributed by atoms with Crippen molar-refractivity contribution in [3.8, 4) is 0 Å². The number of rotatable bonds is 10. The van der Waals surface area contributed by atoms with Crippen LogP contribution in [0.15, 0.2) is 42.5 Å². The van der Waals surface area contributed by atoms with Gasteiger partial charge < -0.3 is 15.2 Å². The van der Waals surface area contributed by atoms with Crippen molar-refractivity contribution in [1.29, 1.82) is 0 Å². The predicted octanol–water partition coefficient (Wildman–Crippen LogP) is 3.22. The minimum absolute atomic E-state index is 0.259. The number of carbonyl (C=O) groups excluding carboxylic acids is 1. The van der Waals surface area contributed by atoms with Crippen LogP contribution >= 0.6 is 0 Å². The fourth-order valence-corrected chi connectivity index (χ4v) is 4.16. The first-order valence-corrected chi connectivity index (χ1v) is 10.0. The fraction of sp³-hybridized carbons (Fsp3) is 0.571. The van der Waals surface area contributed by atoms with E-state index in [1.54, 1.807) is 0 Å². The third-order valence-electron chi connectivity index (χ3n) is 5.52. The molecule has 2 amide bonds. The van der Waals surface area contributed by atoms with Crippen LogP contribution in [-0.2, 0) is 4.74 Å². The Hall–Kier alpha value is -1.89. The molecular formula is C21H31N3O3. The van der Waals surface area contributed by atoms with E-state index in [9.17, 15) is 4.79 Å². The Labute approximate surface area is 161 Å². The number of fused-ring (bicyclic) bond motifs is 2. The Morgan fingerprint density at radius 2 is 1.89 bits per heavy atom. The lowest BCUT2D eigenvalue weighted by molar-refractivity contribution is 0.0870. The third kappa shape index (κ3) is 5.79. The van der Waals surface area contributed by atoms with Gasteiger partial charge in [-0.05, 0) is 56.6 Å². The Bertz CT molecular complexity index is 608. The van der Waals surface area contributed by atoms with Gasteiger partial charge in [0.05, 0.1) is 12.2 Å². The van der Waals surface area contributed by atoms with E-state index in [4.69, 9.17) is 9.84 Å². The molecule has 2 heterocycles. The van der Waals surface area contributed by atoms with Gasteiger partial charge in [0.15, 0.2) is 0 Å². The lowest BCUT2D eigenvalue weighted by Crippen LogP contribution is -2.45. The van der Waals surface area contributed by atoms with Crippen molar-refractivity contribution < 1.29 is 14.6 Å². The molecule has 1 aromatic carbocycles. The van der Waals surface area contributed by atoms with E-state index in [0.717, 1.165) is 44.2 Å². The predicted molar refractivity (Wildman–Crippen MR) is 106 cm³/mol. The third-order valence-corrected chi connectivity index (χ3v) is 5.52. The summed E-state index contributed by atoms with van der Waals surface area (Å²) in [5.41, 5.74) is 6.59. The number of benzene rings is 1. The highest BCUT2D eigenvalue weighted by Crippen LogP contribution is 2.44. The van der Waals surface area contributed by atoms with Crippen LogP contribution in [0.5, 0.6) is 0 Å². The number of nitrogens with one attached hydrogen (secondary N) is 3. The van der Waals surface area contributed by atoms with Gasteiger partial charge in [-0.3, -0.25) is 5.43 Å². The van der Waals surface area contributed by atoms with Crippen LogP contribution in [-0.4, -0.2) is 36.5 Å². The number of allylic oxidation sites excluding steroid dienone is 2. The summed E-state index contributed by atoms with van der Waals surface area (Å²) in [6.45, 7) is 0.985. The minimum atomic E-state index is -0.259. The van der Waals surface area contributed by atoms with Crippen LogP contribution in [0.3, 0.4) is 0 Å². The van der Waals surface area contributed by atoms with Gasteiger partial charge >= 0.3 is 6.03 Å². The molecule has 1 aromatic rings. The van der Waals surface area contributed by atoms with Crippen molar-refractivity contribution in [2.75, 3.05) is 18.5 Å². The topological polar surface area (TPSA) is 82.6 Å². The molecule has 0 saturated carbocycles. The molecule has 2 fully saturated rings. The van der Waals surface area contributed by atoms with Crippen molar-refractivity contribution in [3.63, 3.8) is 0 Å². The number of aliphatic hydroxyl groups is 1. The highest BCUT2D eigenvalue weighted by atomic mass is 16.5. The van der Waals surface area contributed by atoms with E-state index < -0.39 is 0 Å². The van der Waals surface area contributed by atoms with Crippen LogP contribution in [0.2, 0.25) is 0 Å². The van der Waals surface area contributed by atoms with Gasteiger partial charge in [-0.25, -0.2) is 10.2 Å². The summed E-state index contributed by atoms with van der Waals surface area (Å²) in [5, 5.41) is 11.6. The van der Waals surface area contributed by atoms with Crippen molar-refractivity contribution in [2.24, 2.45) is 11.8 Å². The van der Waals surface area contributed by atoms with E-state index in [2.05, 4.69) is 28.3 Å².